The summed E-state index contributed by atoms with van der Waals surface area (Å²) in [5.74, 6) is -1.61. The Morgan fingerprint density at radius 2 is 2.20 bits per heavy atom. The van der Waals surface area contributed by atoms with Crippen LogP contribution in [0.3, 0.4) is 0 Å². The summed E-state index contributed by atoms with van der Waals surface area (Å²) in [5.41, 5.74) is 1.77. The predicted molar refractivity (Wildman–Crippen MR) is 78.2 cm³/mol. The number of fused-ring (bicyclic) bond motifs is 1. The smallest absolute Gasteiger partial charge is 0.318 e. The highest BCUT2D eigenvalue weighted by Gasteiger charge is 2.12. The third kappa shape index (κ3) is 3.84. The van der Waals surface area contributed by atoms with Gasteiger partial charge in [0.25, 0.3) is 0 Å². The number of carboxylic acids is 1. The van der Waals surface area contributed by atoms with E-state index in [1.165, 1.54) is 11.3 Å². The van der Waals surface area contributed by atoms with Crippen LogP contribution in [0.4, 0.5) is 0 Å². The molecule has 1 aromatic heterocycles. The van der Waals surface area contributed by atoms with Crippen LogP contribution in [0.1, 0.15) is 18.4 Å². The zero-order valence-corrected chi connectivity index (χ0v) is 12.8. The summed E-state index contributed by atoms with van der Waals surface area (Å²) in [6.45, 7) is 1.90. The fourth-order valence-corrected chi connectivity index (χ4v) is 3.54. The Kier molecular flexibility index (Phi) is 4.85. The molecule has 8 heteroatoms. The van der Waals surface area contributed by atoms with Crippen LogP contribution >= 0.6 is 35.0 Å². The van der Waals surface area contributed by atoms with Crippen LogP contribution in [0.15, 0.2) is 16.5 Å². The fourth-order valence-electron chi connectivity index (χ4n) is 1.50. The van der Waals surface area contributed by atoms with Crippen LogP contribution in [0, 0.1) is 6.92 Å². The molecule has 1 N–H and O–H groups in total. The lowest BCUT2D eigenvalue weighted by atomic mass is 10.2. The van der Waals surface area contributed by atoms with Crippen molar-refractivity contribution in [2.75, 3.05) is 0 Å². The van der Waals surface area contributed by atoms with Gasteiger partial charge in [-0.25, -0.2) is 4.98 Å². The minimum absolute atomic E-state index is 0.155. The van der Waals surface area contributed by atoms with Crippen molar-refractivity contribution in [3.63, 3.8) is 0 Å². The highest BCUT2D eigenvalue weighted by Crippen LogP contribution is 2.33. The van der Waals surface area contributed by atoms with E-state index >= 15 is 0 Å². The number of benzene rings is 1. The largest absolute Gasteiger partial charge is 0.481 e. The van der Waals surface area contributed by atoms with Crippen molar-refractivity contribution in [1.29, 1.82) is 0 Å². The van der Waals surface area contributed by atoms with Gasteiger partial charge in [0.05, 0.1) is 23.1 Å². The maximum absolute atomic E-state index is 11.3. The van der Waals surface area contributed by atoms with E-state index in [9.17, 15) is 9.59 Å². The lowest BCUT2D eigenvalue weighted by Gasteiger charge is -1.97. The molecule has 0 spiro atoms. The number of hydrogen-bond acceptors (Lipinski definition) is 6. The van der Waals surface area contributed by atoms with E-state index in [-0.39, 0.29) is 12.8 Å². The van der Waals surface area contributed by atoms with Gasteiger partial charge in [0, 0.05) is 5.02 Å². The highest BCUT2D eigenvalue weighted by molar-refractivity contribution is 7.97. The monoisotopic (exact) mass is 331 g/mol. The van der Waals surface area contributed by atoms with E-state index in [2.05, 4.69) is 4.98 Å². The Morgan fingerprint density at radius 1 is 1.45 bits per heavy atom. The van der Waals surface area contributed by atoms with Crippen molar-refractivity contribution in [3.05, 3.63) is 22.7 Å². The molecular formula is C12H10ClNO4S2. The number of carbonyl (C=O) groups excluding carboxylic acids is 1. The zero-order valence-electron chi connectivity index (χ0n) is 10.4. The molecule has 5 nitrogen and oxygen atoms in total. The van der Waals surface area contributed by atoms with E-state index in [0.29, 0.717) is 9.36 Å². The molecule has 0 amide bonds. The highest BCUT2D eigenvalue weighted by atomic mass is 35.5. The second-order valence-corrected chi connectivity index (χ2v) is 6.43. The Labute approximate surface area is 128 Å². The molecule has 0 saturated carbocycles. The van der Waals surface area contributed by atoms with Crippen LogP contribution < -0.4 is 0 Å². The van der Waals surface area contributed by atoms with E-state index < -0.39 is 11.9 Å². The van der Waals surface area contributed by atoms with Crippen molar-refractivity contribution >= 4 is 57.1 Å². The number of halogens is 1. The van der Waals surface area contributed by atoms with Gasteiger partial charge in [-0.3, -0.25) is 9.59 Å². The van der Waals surface area contributed by atoms with Gasteiger partial charge >= 0.3 is 11.9 Å². The van der Waals surface area contributed by atoms with Crippen LogP contribution in [0.5, 0.6) is 0 Å². The number of hydrogen-bond donors (Lipinski definition) is 1. The van der Waals surface area contributed by atoms with Crippen molar-refractivity contribution in [3.8, 4) is 0 Å². The molecule has 0 aliphatic rings. The Balaban J connectivity index is 2.02. The molecule has 0 fully saturated rings. The minimum atomic E-state index is -1.03. The van der Waals surface area contributed by atoms with E-state index in [0.717, 1.165) is 27.8 Å². The summed E-state index contributed by atoms with van der Waals surface area (Å²) in [6.07, 6.45) is -0.397. The molecule has 2 aromatic rings. The molecule has 1 aromatic carbocycles. The molecule has 0 saturated heterocycles. The number of carbonyl (C=O) groups is 2. The van der Waals surface area contributed by atoms with Crippen molar-refractivity contribution in [2.45, 2.75) is 24.1 Å². The summed E-state index contributed by atoms with van der Waals surface area (Å²) >= 11 is 8.17. The summed E-state index contributed by atoms with van der Waals surface area (Å²) in [7, 11) is 0. The molecular weight excluding hydrogens is 322 g/mol. The molecule has 0 atom stereocenters. The average Bonchev–Trinajstić information content (AvgIpc) is 2.77. The van der Waals surface area contributed by atoms with Gasteiger partial charge in [-0.1, -0.05) is 11.6 Å². The van der Waals surface area contributed by atoms with Gasteiger partial charge in [-0.15, -0.1) is 11.3 Å². The second-order valence-electron chi connectivity index (χ2n) is 3.98. The predicted octanol–water partition coefficient (Wildman–Crippen LogP) is 3.67. The van der Waals surface area contributed by atoms with Crippen LogP contribution in [-0.2, 0) is 13.8 Å². The Bertz CT molecular complexity index is 671. The van der Waals surface area contributed by atoms with Gasteiger partial charge in [0.2, 0.25) is 0 Å². The van der Waals surface area contributed by atoms with E-state index in [4.69, 9.17) is 20.9 Å². The number of carboxylic acid groups (broad SMARTS) is 1. The number of aliphatic carboxylic acids is 1. The maximum atomic E-state index is 11.3. The molecule has 2 rings (SSSR count). The fraction of sp³-hybridized carbons (Fsp3) is 0.250. The number of nitrogens with zero attached hydrogens (tertiary/aromatic N) is 1. The van der Waals surface area contributed by atoms with Crippen molar-refractivity contribution < 1.29 is 18.9 Å². The SMILES string of the molecule is Cc1cc(Cl)cc2sc(SOC(=O)CCC(=O)O)nc12. The van der Waals surface area contributed by atoms with Crippen molar-refractivity contribution in [2.24, 2.45) is 0 Å². The zero-order chi connectivity index (χ0) is 14.7. The summed E-state index contributed by atoms with van der Waals surface area (Å²) in [5, 5.41) is 9.10. The molecule has 0 aliphatic carbocycles. The first kappa shape index (κ1) is 15.1. The Hall–Kier alpha value is -1.31. The summed E-state index contributed by atoms with van der Waals surface area (Å²) in [6, 6.07) is 3.62. The summed E-state index contributed by atoms with van der Waals surface area (Å²) < 4.78 is 6.40. The lowest BCUT2D eigenvalue weighted by molar-refractivity contribution is -0.141. The first-order chi connectivity index (χ1) is 9.45. The van der Waals surface area contributed by atoms with Crippen molar-refractivity contribution in [1.82, 2.24) is 4.98 Å². The van der Waals surface area contributed by atoms with Gasteiger partial charge in [-0.2, -0.15) is 0 Å². The molecule has 0 radical (unpaired) electrons. The topological polar surface area (TPSA) is 76.5 Å². The first-order valence-electron chi connectivity index (χ1n) is 5.61. The quantitative estimate of drug-likeness (QED) is 0.842. The van der Waals surface area contributed by atoms with Gasteiger partial charge in [0.15, 0.2) is 4.34 Å². The number of aromatic nitrogens is 1. The number of thiazole rings is 1. The lowest BCUT2D eigenvalue weighted by Crippen LogP contribution is -2.03. The van der Waals surface area contributed by atoms with Gasteiger partial charge in [0.1, 0.15) is 12.0 Å². The standard InChI is InChI=1S/C12H10ClNO4S2/c1-6-4-7(13)5-8-11(6)14-12(19-8)20-18-10(17)3-2-9(15)16/h4-5H,2-3H2,1H3,(H,15,16). The van der Waals surface area contributed by atoms with Crippen LogP contribution in [0.2, 0.25) is 5.02 Å². The average molecular weight is 332 g/mol. The number of aryl methyl sites for hydroxylation is 1. The Morgan fingerprint density at radius 3 is 2.90 bits per heavy atom. The van der Waals surface area contributed by atoms with E-state index in [1.807, 2.05) is 13.0 Å². The molecule has 0 bridgehead atoms. The minimum Gasteiger partial charge on any atom is -0.481 e. The summed E-state index contributed by atoms with van der Waals surface area (Å²) in [4.78, 5) is 26.0. The molecule has 106 valence electrons. The van der Waals surface area contributed by atoms with E-state index in [1.54, 1.807) is 6.07 Å². The molecule has 0 aliphatic heterocycles. The maximum Gasteiger partial charge on any atom is 0.318 e. The van der Waals surface area contributed by atoms with Crippen LogP contribution in [0.25, 0.3) is 10.2 Å². The number of rotatable bonds is 5. The normalized spacial score (nSPS) is 10.7. The molecule has 0 unspecified atom stereocenters. The third-order valence-corrected chi connectivity index (χ3v) is 4.35. The third-order valence-electron chi connectivity index (χ3n) is 2.38. The first-order valence-corrected chi connectivity index (χ1v) is 7.55. The van der Waals surface area contributed by atoms with Gasteiger partial charge < -0.3 is 9.29 Å². The van der Waals surface area contributed by atoms with Gasteiger partial charge in [-0.05, 0) is 24.6 Å². The second kappa shape index (κ2) is 6.43. The van der Waals surface area contributed by atoms with Crippen LogP contribution in [-0.4, -0.2) is 22.0 Å². The molecule has 20 heavy (non-hydrogen) atoms. The molecule has 1 heterocycles.